The Kier molecular flexibility index (Phi) is 4.76. The van der Waals surface area contributed by atoms with Crippen LogP contribution in [0.25, 0.3) is 0 Å². The number of amides is 2. The maximum absolute atomic E-state index is 12.5. The summed E-state index contributed by atoms with van der Waals surface area (Å²) in [7, 11) is 3.32. The van der Waals surface area contributed by atoms with Gasteiger partial charge in [0.2, 0.25) is 0 Å². The maximum atomic E-state index is 12.5. The lowest BCUT2D eigenvalue weighted by molar-refractivity contribution is 0.0697. The van der Waals surface area contributed by atoms with E-state index in [9.17, 15) is 14.7 Å². The van der Waals surface area contributed by atoms with Crippen LogP contribution in [0.15, 0.2) is 24.3 Å². The molecule has 1 aromatic rings. The van der Waals surface area contributed by atoms with Crippen molar-refractivity contribution in [3.8, 4) is 0 Å². The number of hydrogen-bond donors (Lipinski definition) is 1. The molecule has 0 bridgehead atoms. The van der Waals surface area contributed by atoms with Crippen LogP contribution in [0.1, 0.15) is 37.6 Å². The van der Waals surface area contributed by atoms with E-state index in [4.69, 9.17) is 0 Å². The van der Waals surface area contributed by atoms with Crippen molar-refractivity contribution in [2.24, 2.45) is 0 Å². The zero-order chi connectivity index (χ0) is 15.5. The number of carboxylic acid groups (broad SMARTS) is 1. The van der Waals surface area contributed by atoms with Gasteiger partial charge in [-0.2, -0.15) is 0 Å². The van der Waals surface area contributed by atoms with Crippen molar-refractivity contribution in [2.75, 3.05) is 19.0 Å². The van der Waals surface area contributed by atoms with Gasteiger partial charge in [-0.15, -0.1) is 0 Å². The number of rotatable bonds is 4. The summed E-state index contributed by atoms with van der Waals surface area (Å²) in [5.74, 6) is -1.04. The molecular weight excluding hydrogens is 256 g/mol. The highest BCUT2D eigenvalue weighted by Crippen LogP contribution is 2.23. The molecule has 0 aromatic heterocycles. The first kappa shape index (κ1) is 16.0. The second-order valence-corrected chi connectivity index (χ2v) is 5.39. The molecule has 0 unspecified atom stereocenters. The average molecular weight is 278 g/mol. The minimum absolute atomic E-state index is 0.117. The van der Waals surface area contributed by atoms with Gasteiger partial charge in [0.25, 0.3) is 0 Å². The Morgan fingerprint density at radius 1 is 1.20 bits per heavy atom. The number of carboxylic acids is 1. The van der Waals surface area contributed by atoms with Crippen molar-refractivity contribution in [2.45, 2.75) is 32.7 Å². The number of anilines is 1. The smallest absolute Gasteiger partial charge is 0.337 e. The zero-order valence-corrected chi connectivity index (χ0v) is 12.7. The fourth-order valence-corrected chi connectivity index (χ4v) is 1.77. The van der Waals surface area contributed by atoms with Crippen LogP contribution in [0.2, 0.25) is 0 Å². The molecule has 1 aromatic carbocycles. The van der Waals surface area contributed by atoms with Crippen LogP contribution in [0, 0.1) is 0 Å². The van der Waals surface area contributed by atoms with Gasteiger partial charge in [0.1, 0.15) is 0 Å². The Morgan fingerprint density at radius 3 is 2.25 bits per heavy atom. The molecule has 0 saturated heterocycles. The first-order valence-electron chi connectivity index (χ1n) is 6.56. The van der Waals surface area contributed by atoms with Gasteiger partial charge in [-0.05, 0) is 32.4 Å². The molecule has 0 saturated carbocycles. The Hall–Kier alpha value is -2.04. The van der Waals surface area contributed by atoms with Gasteiger partial charge < -0.3 is 10.0 Å². The van der Waals surface area contributed by atoms with Crippen LogP contribution in [0.5, 0.6) is 0 Å². The van der Waals surface area contributed by atoms with Gasteiger partial charge >= 0.3 is 12.0 Å². The fourth-order valence-electron chi connectivity index (χ4n) is 1.77. The van der Waals surface area contributed by atoms with Crippen molar-refractivity contribution in [3.05, 3.63) is 29.8 Å². The Bertz CT molecular complexity index is 512. The third-order valence-electron chi connectivity index (χ3n) is 3.84. The SMILES string of the molecule is CCC(C)(C)N(C)C(=O)N(C)c1ccccc1C(=O)O. The van der Waals surface area contributed by atoms with E-state index in [1.54, 1.807) is 37.2 Å². The van der Waals surface area contributed by atoms with E-state index < -0.39 is 5.97 Å². The molecule has 0 heterocycles. The van der Waals surface area contributed by atoms with Crippen LogP contribution < -0.4 is 4.90 Å². The van der Waals surface area contributed by atoms with E-state index >= 15 is 0 Å². The minimum atomic E-state index is -1.04. The molecular formula is C15H22N2O3. The van der Waals surface area contributed by atoms with E-state index in [0.717, 1.165) is 6.42 Å². The van der Waals surface area contributed by atoms with Gasteiger partial charge in [-0.3, -0.25) is 4.90 Å². The summed E-state index contributed by atoms with van der Waals surface area (Å²) in [6.07, 6.45) is 0.809. The summed E-state index contributed by atoms with van der Waals surface area (Å²) >= 11 is 0. The first-order valence-corrected chi connectivity index (χ1v) is 6.56. The van der Waals surface area contributed by atoms with Crippen molar-refractivity contribution in [1.82, 2.24) is 4.90 Å². The van der Waals surface area contributed by atoms with E-state index in [-0.39, 0.29) is 17.1 Å². The molecule has 2 amide bonds. The molecule has 0 spiro atoms. The molecule has 1 N–H and O–H groups in total. The number of carbonyl (C=O) groups is 2. The topological polar surface area (TPSA) is 60.9 Å². The lowest BCUT2D eigenvalue weighted by atomic mass is 10.0. The van der Waals surface area contributed by atoms with Crippen LogP contribution in [-0.4, -0.2) is 41.6 Å². The third kappa shape index (κ3) is 3.10. The summed E-state index contributed by atoms with van der Waals surface area (Å²) in [6, 6.07) is 6.26. The van der Waals surface area contributed by atoms with E-state index in [2.05, 4.69) is 0 Å². The van der Waals surface area contributed by atoms with Gasteiger partial charge in [0.15, 0.2) is 0 Å². The van der Waals surface area contributed by atoms with Crippen molar-refractivity contribution in [3.63, 3.8) is 0 Å². The highest BCUT2D eigenvalue weighted by molar-refractivity contribution is 6.01. The molecule has 0 fully saturated rings. The Balaban J connectivity index is 3.10. The highest BCUT2D eigenvalue weighted by atomic mass is 16.4. The van der Waals surface area contributed by atoms with Crippen molar-refractivity contribution >= 4 is 17.7 Å². The molecule has 0 aliphatic heterocycles. The summed E-state index contributed by atoms with van der Waals surface area (Å²) in [6.45, 7) is 5.96. The lowest BCUT2D eigenvalue weighted by Gasteiger charge is -2.37. The van der Waals surface area contributed by atoms with E-state index in [1.807, 2.05) is 20.8 Å². The number of aromatic carboxylic acids is 1. The number of hydrogen-bond acceptors (Lipinski definition) is 2. The van der Waals surface area contributed by atoms with Crippen molar-refractivity contribution in [1.29, 1.82) is 0 Å². The summed E-state index contributed by atoms with van der Waals surface area (Å²) in [5.41, 5.74) is 0.221. The van der Waals surface area contributed by atoms with Gasteiger partial charge in [-0.25, -0.2) is 9.59 Å². The van der Waals surface area contributed by atoms with E-state index in [1.165, 1.54) is 11.0 Å². The molecule has 5 nitrogen and oxygen atoms in total. The monoisotopic (exact) mass is 278 g/mol. The number of urea groups is 1. The molecule has 0 aliphatic rings. The number of para-hydroxylation sites is 1. The van der Waals surface area contributed by atoms with Crippen LogP contribution in [0.3, 0.4) is 0 Å². The maximum Gasteiger partial charge on any atom is 0.337 e. The molecule has 20 heavy (non-hydrogen) atoms. The molecule has 5 heteroatoms. The van der Waals surface area contributed by atoms with E-state index in [0.29, 0.717) is 5.69 Å². The number of benzene rings is 1. The highest BCUT2D eigenvalue weighted by Gasteiger charge is 2.29. The normalized spacial score (nSPS) is 11.1. The van der Waals surface area contributed by atoms with Gasteiger partial charge in [-0.1, -0.05) is 19.1 Å². The molecule has 0 radical (unpaired) electrons. The first-order chi connectivity index (χ1) is 9.22. The second-order valence-electron chi connectivity index (χ2n) is 5.39. The van der Waals surface area contributed by atoms with Crippen LogP contribution >= 0.6 is 0 Å². The predicted octanol–water partition coefficient (Wildman–Crippen LogP) is 3.06. The summed E-state index contributed by atoms with van der Waals surface area (Å²) in [5, 5.41) is 9.19. The number of carbonyl (C=O) groups excluding carboxylic acids is 1. The van der Waals surface area contributed by atoms with Crippen molar-refractivity contribution < 1.29 is 14.7 Å². The predicted molar refractivity (Wildman–Crippen MR) is 79.3 cm³/mol. The molecule has 110 valence electrons. The van der Waals surface area contributed by atoms with Crippen LogP contribution in [-0.2, 0) is 0 Å². The molecule has 1 rings (SSSR count). The standard InChI is InChI=1S/C15H22N2O3/c1-6-15(2,3)17(5)14(20)16(4)12-10-8-7-9-11(12)13(18)19/h7-10H,6H2,1-5H3,(H,18,19). The zero-order valence-electron chi connectivity index (χ0n) is 12.7. The molecule has 0 aliphatic carbocycles. The summed E-state index contributed by atoms with van der Waals surface area (Å²) < 4.78 is 0. The van der Waals surface area contributed by atoms with Gasteiger partial charge in [0.05, 0.1) is 11.3 Å². The largest absolute Gasteiger partial charge is 0.478 e. The Morgan fingerprint density at radius 2 is 1.75 bits per heavy atom. The third-order valence-corrected chi connectivity index (χ3v) is 3.84. The Labute approximate surface area is 119 Å². The quantitative estimate of drug-likeness (QED) is 0.920. The second kappa shape index (κ2) is 5.94. The van der Waals surface area contributed by atoms with Gasteiger partial charge in [0, 0.05) is 19.6 Å². The summed E-state index contributed by atoms with van der Waals surface area (Å²) in [4.78, 5) is 26.7. The number of nitrogens with zero attached hydrogens (tertiary/aromatic N) is 2. The van der Waals surface area contributed by atoms with Crippen LogP contribution in [0.4, 0.5) is 10.5 Å². The molecule has 0 atom stereocenters. The fraction of sp³-hybridized carbons (Fsp3) is 0.467. The average Bonchev–Trinajstić information content (AvgIpc) is 2.44. The minimum Gasteiger partial charge on any atom is -0.478 e. The lowest BCUT2D eigenvalue weighted by Crippen LogP contribution is -2.50.